The summed E-state index contributed by atoms with van der Waals surface area (Å²) >= 11 is 0. The van der Waals surface area contributed by atoms with Gasteiger partial charge in [-0.15, -0.1) is 0 Å². The summed E-state index contributed by atoms with van der Waals surface area (Å²) in [4.78, 5) is 9.96. The molecule has 0 amide bonds. The van der Waals surface area contributed by atoms with E-state index in [4.69, 9.17) is 10.2 Å². The first kappa shape index (κ1) is 8.17. The number of hydrogen-bond acceptors (Lipinski definition) is 2. The van der Waals surface area contributed by atoms with Crippen LogP contribution in [0.15, 0.2) is 11.6 Å². The van der Waals surface area contributed by atoms with Crippen LogP contribution in [0.4, 0.5) is 0 Å². The number of carboxylic acid groups (broad SMARTS) is 1. The molecule has 0 aliphatic rings. The zero-order valence-corrected chi connectivity index (χ0v) is 5.29. The van der Waals surface area contributed by atoms with Gasteiger partial charge >= 0.3 is 5.97 Å². The molecule has 0 radical (unpaired) electrons. The standard InChI is InChI=1S/C6H10O3/c1-5(2-3-7)4-6(8)9/h2,7H,3-4H2,1H3,(H,8,9)/b5-2+. The fraction of sp³-hybridized carbons (Fsp3) is 0.500. The Balaban J connectivity index is 3.62. The molecule has 9 heavy (non-hydrogen) atoms. The number of aliphatic hydroxyl groups is 1. The van der Waals surface area contributed by atoms with Gasteiger partial charge in [0, 0.05) is 0 Å². The molecule has 3 nitrogen and oxygen atoms in total. The van der Waals surface area contributed by atoms with E-state index in [1.165, 1.54) is 6.08 Å². The van der Waals surface area contributed by atoms with Crippen molar-refractivity contribution in [1.29, 1.82) is 0 Å². The van der Waals surface area contributed by atoms with Crippen LogP contribution in [0.3, 0.4) is 0 Å². The minimum Gasteiger partial charge on any atom is -0.481 e. The first-order valence-electron chi connectivity index (χ1n) is 2.65. The second-order valence-corrected chi connectivity index (χ2v) is 1.80. The van der Waals surface area contributed by atoms with E-state index in [0.717, 1.165) is 0 Å². The molecule has 0 aliphatic heterocycles. The third kappa shape index (κ3) is 5.03. The summed E-state index contributed by atoms with van der Waals surface area (Å²) in [5, 5.41) is 16.5. The normalized spacial score (nSPS) is 11.6. The third-order valence-electron chi connectivity index (χ3n) is 0.870. The lowest BCUT2D eigenvalue weighted by molar-refractivity contribution is -0.136. The molecule has 0 atom stereocenters. The number of carbonyl (C=O) groups is 1. The summed E-state index contributed by atoms with van der Waals surface area (Å²) < 4.78 is 0. The van der Waals surface area contributed by atoms with E-state index in [0.29, 0.717) is 5.57 Å². The molecular formula is C6H10O3. The van der Waals surface area contributed by atoms with Crippen molar-refractivity contribution in [3.05, 3.63) is 11.6 Å². The highest BCUT2D eigenvalue weighted by Gasteiger charge is 1.95. The predicted octanol–water partition coefficient (Wildman–Crippen LogP) is 0.400. The molecule has 0 aromatic rings. The van der Waals surface area contributed by atoms with Gasteiger partial charge in [-0.1, -0.05) is 11.6 Å². The number of carboxylic acids is 1. The molecule has 0 fully saturated rings. The average molecular weight is 130 g/mol. The lowest BCUT2D eigenvalue weighted by Gasteiger charge is -1.91. The molecule has 0 aromatic carbocycles. The number of aliphatic carboxylic acids is 1. The maximum absolute atomic E-state index is 9.96. The van der Waals surface area contributed by atoms with E-state index in [1.807, 2.05) is 0 Å². The quantitative estimate of drug-likeness (QED) is 0.543. The molecule has 52 valence electrons. The molecule has 0 saturated carbocycles. The van der Waals surface area contributed by atoms with E-state index in [2.05, 4.69) is 0 Å². The fourth-order valence-corrected chi connectivity index (χ4v) is 0.467. The van der Waals surface area contributed by atoms with E-state index in [9.17, 15) is 4.79 Å². The van der Waals surface area contributed by atoms with Crippen LogP contribution in [-0.4, -0.2) is 22.8 Å². The third-order valence-corrected chi connectivity index (χ3v) is 0.870. The smallest absolute Gasteiger partial charge is 0.307 e. The highest BCUT2D eigenvalue weighted by atomic mass is 16.4. The van der Waals surface area contributed by atoms with Gasteiger partial charge in [0.05, 0.1) is 13.0 Å². The van der Waals surface area contributed by atoms with Crippen molar-refractivity contribution in [2.45, 2.75) is 13.3 Å². The minimum atomic E-state index is -0.864. The molecule has 3 heteroatoms. The Morgan fingerprint density at radius 2 is 2.22 bits per heavy atom. The Labute approximate surface area is 53.6 Å². The highest BCUT2D eigenvalue weighted by molar-refractivity contribution is 5.69. The Kier molecular flexibility index (Phi) is 3.71. The summed E-state index contributed by atoms with van der Waals surface area (Å²) in [5.41, 5.74) is 0.685. The summed E-state index contributed by atoms with van der Waals surface area (Å²) in [5.74, 6) is -0.864. The van der Waals surface area contributed by atoms with Gasteiger partial charge < -0.3 is 10.2 Å². The molecular weight excluding hydrogens is 120 g/mol. The van der Waals surface area contributed by atoms with Crippen molar-refractivity contribution >= 4 is 5.97 Å². The Morgan fingerprint density at radius 3 is 2.56 bits per heavy atom. The van der Waals surface area contributed by atoms with Crippen LogP contribution in [0.2, 0.25) is 0 Å². The zero-order chi connectivity index (χ0) is 7.28. The topological polar surface area (TPSA) is 57.5 Å². The molecule has 0 unspecified atom stereocenters. The lowest BCUT2D eigenvalue weighted by Crippen LogP contribution is -1.95. The summed E-state index contributed by atoms with van der Waals surface area (Å²) in [7, 11) is 0. The molecule has 2 N–H and O–H groups in total. The monoisotopic (exact) mass is 130 g/mol. The number of hydrogen-bond donors (Lipinski definition) is 2. The predicted molar refractivity (Wildman–Crippen MR) is 33.1 cm³/mol. The van der Waals surface area contributed by atoms with Crippen molar-refractivity contribution in [2.24, 2.45) is 0 Å². The van der Waals surface area contributed by atoms with E-state index >= 15 is 0 Å². The van der Waals surface area contributed by atoms with Gasteiger partial charge in [0.1, 0.15) is 0 Å². The molecule has 0 heterocycles. The van der Waals surface area contributed by atoms with E-state index in [1.54, 1.807) is 6.92 Å². The average Bonchev–Trinajstić information content (AvgIpc) is 1.63. The highest BCUT2D eigenvalue weighted by Crippen LogP contribution is 1.97. The summed E-state index contributed by atoms with van der Waals surface area (Å²) in [6.07, 6.45) is 1.49. The van der Waals surface area contributed by atoms with Crippen LogP contribution in [0, 0.1) is 0 Å². The van der Waals surface area contributed by atoms with Crippen LogP contribution in [0.25, 0.3) is 0 Å². The van der Waals surface area contributed by atoms with Crippen LogP contribution in [-0.2, 0) is 4.79 Å². The Bertz CT molecular complexity index is 126. The number of aliphatic hydroxyl groups excluding tert-OH is 1. The first-order valence-corrected chi connectivity index (χ1v) is 2.65. The second-order valence-electron chi connectivity index (χ2n) is 1.80. The summed E-state index contributed by atoms with van der Waals surface area (Å²) in [6, 6.07) is 0. The van der Waals surface area contributed by atoms with E-state index in [-0.39, 0.29) is 13.0 Å². The van der Waals surface area contributed by atoms with Crippen molar-refractivity contribution in [3.63, 3.8) is 0 Å². The van der Waals surface area contributed by atoms with Gasteiger partial charge in [0.15, 0.2) is 0 Å². The first-order chi connectivity index (χ1) is 4.16. The molecule has 0 spiro atoms. The Morgan fingerprint density at radius 1 is 1.67 bits per heavy atom. The molecule has 0 saturated heterocycles. The van der Waals surface area contributed by atoms with Crippen molar-refractivity contribution in [1.82, 2.24) is 0 Å². The van der Waals surface area contributed by atoms with Crippen molar-refractivity contribution < 1.29 is 15.0 Å². The SMILES string of the molecule is C/C(=C\CO)CC(=O)O. The van der Waals surface area contributed by atoms with Gasteiger partial charge in [0.2, 0.25) is 0 Å². The van der Waals surface area contributed by atoms with Gasteiger partial charge in [-0.2, -0.15) is 0 Å². The van der Waals surface area contributed by atoms with Crippen molar-refractivity contribution in [3.8, 4) is 0 Å². The fourth-order valence-electron chi connectivity index (χ4n) is 0.467. The lowest BCUT2D eigenvalue weighted by atomic mass is 10.2. The van der Waals surface area contributed by atoms with Gasteiger partial charge in [-0.3, -0.25) is 4.79 Å². The molecule has 0 rings (SSSR count). The summed E-state index contributed by atoms with van der Waals surface area (Å²) in [6.45, 7) is 1.59. The largest absolute Gasteiger partial charge is 0.481 e. The maximum atomic E-state index is 9.96. The van der Waals surface area contributed by atoms with Crippen LogP contribution >= 0.6 is 0 Å². The van der Waals surface area contributed by atoms with Crippen LogP contribution in [0.5, 0.6) is 0 Å². The Hall–Kier alpha value is -0.830. The van der Waals surface area contributed by atoms with Gasteiger partial charge in [-0.25, -0.2) is 0 Å². The maximum Gasteiger partial charge on any atom is 0.307 e. The number of rotatable bonds is 3. The van der Waals surface area contributed by atoms with Crippen molar-refractivity contribution in [2.75, 3.05) is 6.61 Å². The molecule has 0 aromatic heterocycles. The molecule has 0 aliphatic carbocycles. The second kappa shape index (κ2) is 4.09. The van der Waals surface area contributed by atoms with Gasteiger partial charge in [0.25, 0.3) is 0 Å². The van der Waals surface area contributed by atoms with E-state index < -0.39 is 5.97 Å². The minimum absolute atomic E-state index is 0.0144. The van der Waals surface area contributed by atoms with Crippen LogP contribution in [0.1, 0.15) is 13.3 Å². The van der Waals surface area contributed by atoms with Crippen LogP contribution < -0.4 is 0 Å². The van der Waals surface area contributed by atoms with Gasteiger partial charge in [-0.05, 0) is 6.92 Å². The zero-order valence-electron chi connectivity index (χ0n) is 5.29. The molecule has 0 bridgehead atoms.